The molecule has 0 radical (unpaired) electrons. The maximum absolute atomic E-state index is 11.5. The highest BCUT2D eigenvalue weighted by Gasteiger charge is 2.08. The van der Waals surface area contributed by atoms with Crippen molar-refractivity contribution in [3.63, 3.8) is 0 Å². The van der Waals surface area contributed by atoms with Crippen molar-refractivity contribution in [1.82, 2.24) is 30.5 Å². The van der Waals surface area contributed by atoms with Crippen molar-refractivity contribution in [2.75, 3.05) is 5.73 Å². The molecule has 2 rings (SSSR count). The normalized spacial score (nSPS) is 10.4. The van der Waals surface area contributed by atoms with Crippen LogP contribution in [0.2, 0.25) is 0 Å². The van der Waals surface area contributed by atoms with Gasteiger partial charge in [-0.25, -0.2) is 9.67 Å². The highest BCUT2D eigenvalue weighted by atomic mass is 32.1. The number of nitrogens with two attached hydrogens (primary N) is 1. The van der Waals surface area contributed by atoms with Crippen LogP contribution < -0.4 is 11.1 Å². The zero-order valence-electron chi connectivity index (χ0n) is 9.12. The van der Waals surface area contributed by atoms with Crippen molar-refractivity contribution >= 4 is 23.2 Å². The topological polar surface area (TPSA) is 112 Å². The van der Waals surface area contributed by atoms with Crippen molar-refractivity contribution in [2.24, 2.45) is 0 Å². The second-order valence-electron chi connectivity index (χ2n) is 3.35. The summed E-state index contributed by atoms with van der Waals surface area (Å²) in [5.41, 5.74) is 6.38. The first-order chi connectivity index (χ1) is 8.15. The molecule has 0 saturated carbocycles. The number of thiazole rings is 1. The van der Waals surface area contributed by atoms with Gasteiger partial charge in [-0.15, -0.1) is 11.3 Å². The van der Waals surface area contributed by atoms with E-state index in [1.54, 1.807) is 0 Å². The van der Waals surface area contributed by atoms with E-state index < -0.39 is 0 Å². The van der Waals surface area contributed by atoms with Crippen LogP contribution >= 0.6 is 11.3 Å². The summed E-state index contributed by atoms with van der Waals surface area (Å²) in [4.78, 5) is 15.8. The summed E-state index contributed by atoms with van der Waals surface area (Å²) >= 11 is 1.51. The maximum atomic E-state index is 11.5. The first kappa shape index (κ1) is 11.5. The number of nitrogens with one attached hydrogen (secondary N) is 1. The van der Waals surface area contributed by atoms with Gasteiger partial charge in [0.1, 0.15) is 11.6 Å². The fourth-order valence-electron chi connectivity index (χ4n) is 1.17. The molecule has 2 heterocycles. The first-order valence-corrected chi connectivity index (χ1v) is 5.72. The number of hydrogen-bond acceptors (Lipinski definition) is 7. The second kappa shape index (κ2) is 4.87. The molecule has 90 valence electrons. The Labute approximate surface area is 101 Å². The van der Waals surface area contributed by atoms with Gasteiger partial charge in [0.2, 0.25) is 11.9 Å². The van der Waals surface area contributed by atoms with Gasteiger partial charge in [-0.1, -0.05) is 5.10 Å². The van der Waals surface area contributed by atoms with Gasteiger partial charge in [-0.05, 0) is 17.4 Å². The van der Waals surface area contributed by atoms with Gasteiger partial charge < -0.3 is 11.1 Å². The van der Waals surface area contributed by atoms with E-state index >= 15 is 0 Å². The molecule has 0 aliphatic heterocycles. The minimum atomic E-state index is -0.211. The first-order valence-electron chi connectivity index (χ1n) is 4.84. The summed E-state index contributed by atoms with van der Waals surface area (Å²) in [5, 5.41) is 15.9. The van der Waals surface area contributed by atoms with Crippen molar-refractivity contribution in [2.45, 2.75) is 20.0 Å². The van der Waals surface area contributed by atoms with Crippen molar-refractivity contribution in [3.8, 4) is 0 Å². The van der Waals surface area contributed by atoms with Crippen LogP contribution in [0.5, 0.6) is 0 Å². The van der Waals surface area contributed by atoms with E-state index in [-0.39, 0.29) is 18.4 Å². The lowest BCUT2D eigenvalue weighted by Gasteiger charge is -2.02. The Morgan fingerprint density at radius 2 is 2.47 bits per heavy atom. The molecule has 0 saturated heterocycles. The standard InChI is InChI=1S/C8H11N7OS/c1-5-4-17-7(11-5)2-10-6(16)3-15-8(9)12-13-14-15/h4H,2-3H2,1H3,(H,10,16)(H2,9,12,14). The predicted octanol–water partition coefficient (Wildman–Crippen LogP) is -0.663. The molecule has 2 aromatic rings. The van der Waals surface area contributed by atoms with Gasteiger partial charge in [-0.3, -0.25) is 4.79 Å². The van der Waals surface area contributed by atoms with Crippen LogP contribution in [0.25, 0.3) is 0 Å². The third kappa shape index (κ3) is 2.97. The maximum Gasteiger partial charge on any atom is 0.242 e. The Kier molecular flexibility index (Phi) is 3.28. The lowest BCUT2D eigenvalue weighted by molar-refractivity contribution is -0.122. The minimum Gasteiger partial charge on any atom is -0.367 e. The summed E-state index contributed by atoms with van der Waals surface area (Å²) in [5.74, 6) is -0.0953. The van der Waals surface area contributed by atoms with Crippen LogP contribution in [0.15, 0.2) is 5.38 Å². The van der Waals surface area contributed by atoms with Gasteiger partial charge in [0.15, 0.2) is 0 Å². The van der Waals surface area contributed by atoms with Crippen LogP contribution in [0, 0.1) is 6.92 Å². The second-order valence-corrected chi connectivity index (χ2v) is 4.30. The number of amides is 1. The van der Waals surface area contributed by atoms with E-state index in [4.69, 9.17) is 5.73 Å². The lowest BCUT2D eigenvalue weighted by Crippen LogP contribution is -2.28. The fraction of sp³-hybridized carbons (Fsp3) is 0.375. The molecule has 3 N–H and O–H groups in total. The molecule has 0 aromatic carbocycles. The molecule has 0 bridgehead atoms. The number of aryl methyl sites for hydroxylation is 1. The zero-order valence-corrected chi connectivity index (χ0v) is 9.94. The molecule has 0 aliphatic carbocycles. The highest BCUT2D eigenvalue weighted by Crippen LogP contribution is 2.07. The van der Waals surface area contributed by atoms with Crippen LogP contribution in [-0.4, -0.2) is 31.1 Å². The van der Waals surface area contributed by atoms with Crippen molar-refractivity contribution < 1.29 is 4.79 Å². The van der Waals surface area contributed by atoms with E-state index in [1.807, 2.05) is 12.3 Å². The number of carbonyl (C=O) groups excluding carboxylic acids is 1. The SMILES string of the molecule is Cc1csc(CNC(=O)Cn2nnnc2N)n1. The Hall–Kier alpha value is -2.03. The highest BCUT2D eigenvalue weighted by molar-refractivity contribution is 7.09. The number of carbonyl (C=O) groups is 1. The van der Waals surface area contributed by atoms with E-state index in [0.717, 1.165) is 10.7 Å². The van der Waals surface area contributed by atoms with Crippen molar-refractivity contribution in [1.29, 1.82) is 0 Å². The third-order valence-electron chi connectivity index (χ3n) is 1.96. The Balaban J connectivity index is 1.84. The molecular weight excluding hydrogens is 242 g/mol. The molecule has 0 fully saturated rings. The van der Waals surface area contributed by atoms with E-state index in [2.05, 4.69) is 25.8 Å². The van der Waals surface area contributed by atoms with Crippen molar-refractivity contribution in [3.05, 3.63) is 16.1 Å². The Morgan fingerprint density at radius 1 is 1.65 bits per heavy atom. The number of hydrogen-bond donors (Lipinski definition) is 2. The van der Waals surface area contributed by atoms with Crippen LogP contribution in [0.3, 0.4) is 0 Å². The average molecular weight is 253 g/mol. The minimum absolute atomic E-state index is 0.00317. The Morgan fingerprint density at radius 3 is 3.06 bits per heavy atom. The molecule has 0 aliphatic rings. The fourth-order valence-corrected chi connectivity index (χ4v) is 1.89. The van der Waals surface area contributed by atoms with E-state index in [0.29, 0.717) is 6.54 Å². The van der Waals surface area contributed by atoms with E-state index in [1.165, 1.54) is 16.0 Å². The predicted molar refractivity (Wildman–Crippen MR) is 60.9 cm³/mol. The zero-order chi connectivity index (χ0) is 12.3. The number of nitrogens with zero attached hydrogens (tertiary/aromatic N) is 5. The largest absolute Gasteiger partial charge is 0.367 e. The molecule has 17 heavy (non-hydrogen) atoms. The number of aromatic nitrogens is 5. The van der Waals surface area contributed by atoms with Gasteiger partial charge in [0.05, 0.1) is 6.54 Å². The summed E-state index contributed by atoms with van der Waals surface area (Å²) in [6.45, 7) is 2.31. The number of rotatable bonds is 4. The number of tetrazole rings is 1. The van der Waals surface area contributed by atoms with Gasteiger partial charge in [-0.2, -0.15) is 0 Å². The smallest absolute Gasteiger partial charge is 0.242 e. The average Bonchev–Trinajstić information content (AvgIpc) is 2.86. The van der Waals surface area contributed by atoms with Gasteiger partial charge in [0, 0.05) is 11.1 Å². The molecule has 9 heteroatoms. The third-order valence-corrected chi connectivity index (χ3v) is 2.92. The van der Waals surface area contributed by atoms with E-state index in [9.17, 15) is 4.79 Å². The van der Waals surface area contributed by atoms with Crippen LogP contribution in [-0.2, 0) is 17.9 Å². The lowest BCUT2D eigenvalue weighted by atomic mass is 10.5. The van der Waals surface area contributed by atoms with Crippen LogP contribution in [0.4, 0.5) is 5.95 Å². The molecule has 1 amide bonds. The monoisotopic (exact) mass is 253 g/mol. The molecule has 8 nitrogen and oxygen atoms in total. The number of anilines is 1. The van der Waals surface area contributed by atoms with Gasteiger partial charge >= 0.3 is 0 Å². The summed E-state index contributed by atoms with van der Waals surface area (Å²) in [7, 11) is 0. The number of nitrogen functional groups attached to an aromatic ring is 1. The summed E-state index contributed by atoms with van der Waals surface area (Å²) < 4.78 is 1.22. The quantitative estimate of drug-likeness (QED) is 0.748. The molecular formula is C8H11N7OS. The molecule has 0 unspecified atom stereocenters. The summed E-state index contributed by atoms with van der Waals surface area (Å²) in [6.07, 6.45) is 0. The molecule has 0 atom stereocenters. The van der Waals surface area contributed by atoms with Gasteiger partial charge in [0.25, 0.3) is 0 Å². The van der Waals surface area contributed by atoms with Crippen LogP contribution in [0.1, 0.15) is 10.7 Å². The molecule has 2 aromatic heterocycles. The molecule has 0 spiro atoms. The summed E-state index contributed by atoms with van der Waals surface area (Å²) in [6, 6.07) is 0. The Bertz CT molecular complexity index is 519.